The third-order valence-electron chi connectivity index (χ3n) is 4.90. The Kier molecular flexibility index (Phi) is 6.23. The second-order valence-electron chi connectivity index (χ2n) is 6.62. The van der Waals surface area contributed by atoms with Crippen LogP contribution in [0.15, 0.2) is 48.5 Å². The molecule has 0 bridgehead atoms. The highest BCUT2D eigenvalue weighted by Crippen LogP contribution is 2.27. The van der Waals surface area contributed by atoms with Gasteiger partial charge in [0.15, 0.2) is 0 Å². The number of hydrogen-bond donors (Lipinski definition) is 1. The Morgan fingerprint density at radius 1 is 1.19 bits per heavy atom. The Hall–Kier alpha value is -2.40. The van der Waals surface area contributed by atoms with Crippen LogP contribution in [0.3, 0.4) is 0 Å². The van der Waals surface area contributed by atoms with Gasteiger partial charge in [-0.15, -0.1) is 0 Å². The Balaban J connectivity index is 1.59. The van der Waals surface area contributed by atoms with E-state index in [0.29, 0.717) is 24.9 Å². The summed E-state index contributed by atoms with van der Waals surface area (Å²) in [5.41, 5.74) is 1.74. The number of para-hydroxylation sites is 1. The van der Waals surface area contributed by atoms with E-state index < -0.39 is 0 Å². The van der Waals surface area contributed by atoms with Gasteiger partial charge in [-0.2, -0.15) is 0 Å². The molecule has 1 aliphatic rings. The van der Waals surface area contributed by atoms with Crippen molar-refractivity contribution in [1.29, 1.82) is 0 Å². The molecule has 1 amide bonds. The zero-order valence-electron chi connectivity index (χ0n) is 15.2. The molecule has 4 nitrogen and oxygen atoms in total. The number of carbonyl (C=O) groups excluding carboxylic acids is 1. The molecule has 1 aliphatic carbocycles. The first-order chi connectivity index (χ1) is 12.7. The zero-order chi connectivity index (χ0) is 18.4. The molecule has 0 aromatic heterocycles. The third-order valence-corrected chi connectivity index (χ3v) is 4.90. The fourth-order valence-electron chi connectivity index (χ4n) is 3.20. The standard InChI is InChI=1S/C21H25FN2O2/c1-23-20-9-3-2-8-19(20)21(25)24(17-6-4-7-17)14-5-15-26-18-12-10-16(22)11-13-18/h2-3,8-13,17,23H,4-7,14-15H2,1H3/p+1. The van der Waals surface area contributed by atoms with E-state index in [1.54, 1.807) is 12.1 Å². The maximum absolute atomic E-state index is 13.1. The molecule has 0 atom stereocenters. The number of halogens is 1. The van der Waals surface area contributed by atoms with Crippen LogP contribution in [0.4, 0.5) is 10.1 Å². The summed E-state index contributed by atoms with van der Waals surface area (Å²) >= 11 is 0. The van der Waals surface area contributed by atoms with Crippen molar-refractivity contribution in [3.63, 3.8) is 0 Å². The van der Waals surface area contributed by atoms with Crippen LogP contribution in [0.25, 0.3) is 0 Å². The highest BCUT2D eigenvalue weighted by Gasteiger charge is 2.30. The van der Waals surface area contributed by atoms with E-state index in [1.165, 1.54) is 18.6 Å². The molecule has 0 radical (unpaired) electrons. The Labute approximate surface area is 154 Å². The molecule has 26 heavy (non-hydrogen) atoms. The van der Waals surface area contributed by atoms with Gasteiger partial charge in [-0.1, -0.05) is 12.1 Å². The van der Waals surface area contributed by atoms with Crippen molar-refractivity contribution in [2.24, 2.45) is 0 Å². The van der Waals surface area contributed by atoms with Crippen molar-refractivity contribution in [3.8, 4) is 5.75 Å². The first-order valence-electron chi connectivity index (χ1n) is 9.27. The van der Waals surface area contributed by atoms with Crippen LogP contribution in [-0.2, 0) is 0 Å². The minimum atomic E-state index is -0.273. The lowest BCUT2D eigenvalue weighted by Crippen LogP contribution is -2.73. The molecule has 138 valence electrons. The van der Waals surface area contributed by atoms with E-state index in [9.17, 15) is 9.18 Å². The second-order valence-corrected chi connectivity index (χ2v) is 6.62. The third kappa shape index (κ3) is 4.41. The molecule has 0 unspecified atom stereocenters. The highest BCUT2D eigenvalue weighted by atomic mass is 19.1. The summed E-state index contributed by atoms with van der Waals surface area (Å²) in [7, 11) is 1.95. The van der Waals surface area contributed by atoms with Crippen LogP contribution >= 0.6 is 0 Å². The number of nitrogens with two attached hydrogens (primary N) is 1. The fraction of sp³-hybridized carbons (Fsp3) is 0.381. The van der Waals surface area contributed by atoms with Gasteiger partial charge in [-0.25, -0.2) is 4.39 Å². The summed E-state index contributed by atoms with van der Waals surface area (Å²) in [6.07, 6.45) is 4.07. The van der Waals surface area contributed by atoms with Gasteiger partial charge in [0.1, 0.15) is 22.8 Å². The average Bonchev–Trinajstić information content (AvgIpc) is 2.63. The Bertz CT molecular complexity index is 729. The van der Waals surface area contributed by atoms with E-state index in [0.717, 1.165) is 30.5 Å². The number of hydrogen-bond acceptors (Lipinski definition) is 2. The molecule has 2 N–H and O–H groups in total. The van der Waals surface area contributed by atoms with E-state index in [2.05, 4.69) is 0 Å². The smallest absolute Gasteiger partial charge is 0.260 e. The van der Waals surface area contributed by atoms with Crippen LogP contribution < -0.4 is 10.1 Å². The molecule has 2 aromatic carbocycles. The monoisotopic (exact) mass is 357 g/mol. The van der Waals surface area contributed by atoms with Gasteiger partial charge >= 0.3 is 0 Å². The largest absolute Gasteiger partial charge is 0.494 e. The maximum Gasteiger partial charge on any atom is 0.260 e. The SMILES string of the molecule is C[NH2+]c1ccccc1C(=O)N(CCCOc1ccc(F)cc1)C1CCC1. The molecule has 1 fully saturated rings. The molecular formula is C21H26FN2O2+. The topological polar surface area (TPSA) is 46.2 Å². The van der Waals surface area contributed by atoms with Gasteiger partial charge < -0.3 is 15.0 Å². The lowest BCUT2D eigenvalue weighted by Gasteiger charge is -2.37. The van der Waals surface area contributed by atoms with Crippen LogP contribution in [-0.4, -0.2) is 37.0 Å². The first kappa shape index (κ1) is 18.4. The summed E-state index contributed by atoms with van der Waals surface area (Å²) in [6.45, 7) is 1.17. The van der Waals surface area contributed by atoms with Crippen LogP contribution in [0.2, 0.25) is 0 Å². The predicted molar refractivity (Wildman–Crippen MR) is 99.1 cm³/mol. The minimum absolute atomic E-state index is 0.102. The molecule has 0 aliphatic heterocycles. The van der Waals surface area contributed by atoms with Crippen LogP contribution in [0.5, 0.6) is 5.75 Å². The Morgan fingerprint density at radius 2 is 1.92 bits per heavy atom. The minimum Gasteiger partial charge on any atom is -0.494 e. The van der Waals surface area contributed by atoms with Crippen LogP contribution in [0.1, 0.15) is 36.0 Å². The van der Waals surface area contributed by atoms with Gasteiger partial charge in [-0.05, 0) is 62.1 Å². The van der Waals surface area contributed by atoms with Crippen molar-refractivity contribution in [2.45, 2.75) is 31.7 Å². The number of rotatable bonds is 8. The van der Waals surface area contributed by atoms with Gasteiger partial charge in [0.2, 0.25) is 0 Å². The van der Waals surface area contributed by atoms with Crippen molar-refractivity contribution in [3.05, 3.63) is 59.9 Å². The molecule has 0 saturated heterocycles. The predicted octanol–water partition coefficient (Wildman–Crippen LogP) is 3.11. The molecule has 0 heterocycles. The van der Waals surface area contributed by atoms with Crippen molar-refractivity contribution >= 4 is 11.6 Å². The van der Waals surface area contributed by atoms with Gasteiger partial charge in [0.25, 0.3) is 5.91 Å². The number of quaternary nitrogens is 1. The van der Waals surface area contributed by atoms with Gasteiger partial charge in [-0.3, -0.25) is 4.79 Å². The molecule has 3 rings (SSSR count). The van der Waals surface area contributed by atoms with Crippen molar-refractivity contribution in [2.75, 3.05) is 20.2 Å². The summed E-state index contributed by atoms with van der Waals surface area (Å²) in [5.74, 6) is 0.481. The Morgan fingerprint density at radius 3 is 2.58 bits per heavy atom. The quantitative estimate of drug-likeness (QED) is 0.583. The van der Waals surface area contributed by atoms with Crippen LogP contribution in [0, 0.1) is 5.82 Å². The summed E-state index contributed by atoms with van der Waals surface area (Å²) < 4.78 is 18.6. The lowest BCUT2D eigenvalue weighted by molar-refractivity contribution is -0.539. The maximum atomic E-state index is 13.1. The number of carbonyl (C=O) groups is 1. The van der Waals surface area contributed by atoms with Gasteiger partial charge in [0, 0.05) is 12.6 Å². The molecule has 0 spiro atoms. The zero-order valence-corrected chi connectivity index (χ0v) is 15.2. The summed E-state index contributed by atoms with van der Waals surface area (Å²) in [4.78, 5) is 15.1. The number of amides is 1. The number of benzene rings is 2. The van der Waals surface area contributed by atoms with Crippen molar-refractivity contribution in [1.82, 2.24) is 4.90 Å². The van der Waals surface area contributed by atoms with E-state index in [-0.39, 0.29) is 11.7 Å². The lowest BCUT2D eigenvalue weighted by atomic mass is 9.90. The molecule has 5 heteroatoms. The normalized spacial score (nSPS) is 13.9. The highest BCUT2D eigenvalue weighted by molar-refractivity contribution is 5.98. The van der Waals surface area contributed by atoms with E-state index in [1.807, 2.05) is 41.5 Å². The van der Waals surface area contributed by atoms with E-state index >= 15 is 0 Å². The van der Waals surface area contributed by atoms with Crippen molar-refractivity contribution < 1.29 is 19.2 Å². The van der Waals surface area contributed by atoms with Gasteiger partial charge in [0.05, 0.1) is 13.7 Å². The number of nitrogens with zero attached hydrogens (tertiary/aromatic N) is 1. The second kappa shape index (κ2) is 8.81. The summed E-state index contributed by atoms with van der Waals surface area (Å²) in [5, 5.41) is 1.98. The first-order valence-corrected chi connectivity index (χ1v) is 9.27. The molecule has 2 aromatic rings. The summed E-state index contributed by atoms with van der Waals surface area (Å²) in [6, 6.07) is 14.1. The van der Waals surface area contributed by atoms with E-state index in [4.69, 9.17) is 4.74 Å². The molecular weight excluding hydrogens is 331 g/mol. The number of ether oxygens (including phenoxy) is 1. The molecule has 1 saturated carbocycles. The fourth-order valence-corrected chi connectivity index (χ4v) is 3.20. The average molecular weight is 357 g/mol.